The van der Waals surface area contributed by atoms with Crippen LogP contribution in [0.15, 0.2) is 6.33 Å². The van der Waals surface area contributed by atoms with Gasteiger partial charge in [-0.2, -0.15) is 14.4 Å². The van der Waals surface area contributed by atoms with Gasteiger partial charge in [0, 0.05) is 12.8 Å². The number of nitrogens with two attached hydrogens (primary N) is 1. The van der Waals surface area contributed by atoms with Crippen LogP contribution in [-0.4, -0.2) is 54.7 Å². The summed E-state index contributed by atoms with van der Waals surface area (Å²) in [4.78, 5) is 11.0. The number of anilines is 1. The summed E-state index contributed by atoms with van der Waals surface area (Å²) in [6, 6.07) is 0. The first kappa shape index (κ1) is 15.0. The fraction of sp³-hybridized carbons (Fsp3) is 0.583. The minimum absolute atomic E-state index is 0.0809. The van der Waals surface area contributed by atoms with Crippen molar-refractivity contribution in [2.24, 2.45) is 0 Å². The number of rotatable bonds is 4. The Bertz CT molecular complexity index is 697. The molecule has 2 aromatic rings. The predicted octanol–water partition coefficient (Wildman–Crippen LogP) is -0.0819. The Labute approximate surface area is 123 Å². The van der Waals surface area contributed by atoms with E-state index >= 15 is 0 Å². The number of nitrogens with zero attached hydrogens (tertiary/aromatic N) is 4. The summed E-state index contributed by atoms with van der Waals surface area (Å²) in [6.45, 7) is -1.29. The van der Waals surface area contributed by atoms with Crippen LogP contribution >= 0.6 is 0 Å². The summed E-state index contributed by atoms with van der Waals surface area (Å²) in [7, 11) is 0. The van der Waals surface area contributed by atoms with Crippen molar-refractivity contribution in [3.63, 3.8) is 0 Å². The summed E-state index contributed by atoms with van der Waals surface area (Å²) < 4.78 is 33.0. The van der Waals surface area contributed by atoms with Gasteiger partial charge >= 0.3 is 6.08 Å². The summed E-state index contributed by atoms with van der Waals surface area (Å²) in [6.07, 6.45) is -1.60. The molecule has 0 bridgehead atoms. The van der Waals surface area contributed by atoms with Crippen LogP contribution in [-0.2, 0) is 4.74 Å². The van der Waals surface area contributed by atoms with E-state index in [1.807, 2.05) is 0 Å². The molecule has 1 aliphatic rings. The van der Waals surface area contributed by atoms with Gasteiger partial charge in [0.05, 0.1) is 25.7 Å². The van der Waals surface area contributed by atoms with E-state index in [1.165, 1.54) is 10.9 Å². The van der Waals surface area contributed by atoms with Gasteiger partial charge in [0.2, 0.25) is 0 Å². The molecule has 1 fully saturated rings. The molecule has 0 unspecified atom stereocenters. The van der Waals surface area contributed by atoms with Crippen molar-refractivity contribution in [2.45, 2.75) is 30.8 Å². The SMILES string of the molecule is Nc1nc(F)nc2c1ncn2[C@H]1C[C@H](O)[C@](CO)(CCF)O1. The summed E-state index contributed by atoms with van der Waals surface area (Å²) in [5, 5.41) is 19.6. The number of aromatic nitrogens is 4. The maximum Gasteiger partial charge on any atom is 0.312 e. The molecule has 0 aromatic carbocycles. The lowest BCUT2D eigenvalue weighted by atomic mass is 9.94. The van der Waals surface area contributed by atoms with Crippen LogP contribution in [0.25, 0.3) is 11.2 Å². The Morgan fingerprint density at radius 3 is 2.95 bits per heavy atom. The fourth-order valence-electron chi connectivity index (χ4n) is 2.70. The summed E-state index contributed by atoms with van der Waals surface area (Å²) in [5.41, 5.74) is 4.49. The monoisotopic (exact) mass is 315 g/mol. The molecule has 1 aliphatic heterocycles. The summed E-state index contributed by atoms with van der Waals surface area (Å²) in [5.74, 6) is -0.114. The third kappa shape index (κ3) is 2.19. The lowest BCUT2D eigenvalue weighted by Crippen LogP contribution is -2.43. The molecule has 0 spiro atoms. The molecule has 3 atom stereocenters. The van der Waals surface area contributed by atoms with Gasteiger partial charge < -0.3 is 20.7 Å². The number of aliphatic hydroxyl groups is 2. The number of ether oxygens (including phenoxy) is 1. The predicted molar refractivity (Wildman–Crippen MR) is 70.8 cm³/mol. The first-order chi connectivity index (χ1) is 10.5. The van der Waals surface area contributed by atoms with Gasteiger partial charge in [-0.25, -0.2) is 4.98 Å². The minimum atomic E-state index is -1.40. The lowest BCUT2D eigenvalue weighted by molar-refractivity contribution is -0.132. The van der Waals surface area contributed by atoms with E-state index in [0.717, 1.165) is 0 Å². The Morgan fingerprint density at radius 1 is 1.50 bits per heavy atom. The van der Waals surface area contributed by atoms with Crippen LogP contribution in [0, 0.1) is 6.08 Å². The highest BCUT2D eigenvalue weighted by atomic mass is 19.1. The van der Waals surface area contributed by atoms with Crippen molar-refractivity contribution in [3.05, 3.63) is 12.4 Å². The van der Waals surface area contributed by atoms with Crippen LogP contribution in [0.2, 0.25) is 0 Å². The number of hydrogen-bond donors (Lipinski definition) is 3. The number of halogens is 2. The quantitative estimate of drug-likeness (QED) is 0.675. The zero-order valence-corrected chi connectivity index (χ0v) is 11.5. The second-order valence-corrected chi connectivity index (χ2v) is 5.19. The number of aliphatic hydroxyl groups excluding tert-OH is 2. The molecular weight excluding hydrogens is 300 g/mol. The van der Waals surface area contributed by atoms with Gasteiger partial charge in [0.15, 0.2) is 17.0 Å². The maximum atomic E-state index is 13.3. The van der Waals surface area contributed by atoms with Gasteiger partial charge in [0.25, 0.3) is 0 Å². The van der Waals surface area contributed by atoms with E-state index < -0.39 is 37.3 Å². The molecule has 0 radical (unpaired) electrons. The molecule has 3 heterocycles. The van der Waals surface area contributed by atoms with Crippen molar-refractivity contribution < 1.29 is 23.7 Å². The molecule has 3 rings (SSSR count). The highest BCUT2D eigenvalue weighted by molar-refractivity contribution is 5.81. The first-order valence-electron chi connectivity index (χ1n) is 6.69. The number of nitrogen functional groups attached to an aromatic ring is 1. The largest absolute Gasteiger partial charge is 0.393 e. The van der Waals surface area contributed by atoms with Gasteiger partial charge in [0.1, 0.15) is 11.8 Å². The fourth-order valence-corrected chi connectivity index (χ4v) is 2.70. The van der Waals surface area contributed by atoms with Crippen molar-refractivity contribution in [3.8, 4) is 0 Å². The van der Waals surface area contributed by atoms with Crippen LogP contribution in [0.4, 0.5) is 14.6 Å². The van der Waals surface area contributed by atoms with E-state index in [1.54, 1.807) is 0 Å². The van der Waals surface area contributed by atoms with Crippen molar-refractivity contribution in [2.75, 3.05) is 19.0 Å². The Hall–Kier alpha value is -1.91. The standard InChI is InChI=1S/C12H15F2N5O3/c13-2-1-12(4-20)6(21)3-7(22-12)19-5-16-8-9(15)17-11(14)18-10(8)19/h5-7,20-21H,1-4H2,(H2,15,17,18)/t6-,7+,12+/m0/s1. The van der Waals surface area contributed by atoms with E-state index in [-0.39, 0.29) is 29.8 Å². The van der Waals surface area contributed by atoms with E-state index in [2.05, 4.69) is 15.0 Å². The van der Waals surface area contributed by atoms with Crippen LogP contribution in [0.1, 0.15) is 19.1 Å². The minimum Gasteiger partial charge on any atom is -0.393 e. The third-order valence-corrected chi connectivity index (χ3v) is 3.92. The molecule has 10 heteroatoms. The second-order valence-electron chi connectivity index (χ2n) is 5.19. The third-order valence-electron chi connectivity index (χ3n) is 3.92. The van der Waals surface area contributed by atoms with Crippen LogP contribution in [0.5, 0.6) is 0 Å². The molecule has 1 saturated heterocycles. The molecule has 0 aliphatic carbocycles. The van der Waals surface area contributed by atoms with E-state index in [9.17, 15) is 19.0 Å². The molecule has 4 N–H and O–H groups in total. The highest BCUT2D eigenvalue weighted by Crippen LogP contribution is 2.40. The molecule has 22 heavy (non-hydrogen) atoms. The number of alkyl halides is 1. The highest BCUT2D eigenvalue weighted by Gasteiger charge is 2.48. The van der Waals surface area contributed by atoms with Gasteiger partial charge in [-0.15, -0.1) is 0 Å². The number of imidazole rings is 1. The van der Waals surface area contributed by atoms with Gasteiger partial charge in [-0.3, -0.25) is 8.96 Å². The molecule has 120 valence electrons. The van der Waals surface area contributed by atoms with Crippen LogP contribution in [0.3, 0.4) is 0 Å². The Balaban J connectivity index is 1.99. The van der Waals surface area contributed by atoms with E-state index in [4.69, 9.17) is 10.5 Å². The molecule has 0 amide bonds. The smallest absolute Gasteiger partial charge is 0.312 e. The topological polar surface area (TPSA) is 119 Å². The van der Waals surface area contributed by atoms with Gasteiger partial charge in [-0.1, -0.05) is 0 Å². The lowest BCUT2D eigenvalue weighted by Gasteiger charge is -2.28. The molecular formula is C12H15F2N5O3. The Kier molecular flexibility index (Phi) is 3.67. The number of hydrogen-bond acceptors (Lipinski definition) is 7. The molecule has 0 saturated carbocycles. The number of fused-ring (bicyclic) bond motifs is 1. The zero-order valence-electron chi connectivity index (χ0n) is 11.5. The average Bonchev–Trinajstić information content (AvgIpc) is 3.02. The summed E-state index contributed by atoms with van der Waals surface area (Å²) >= 11 is 0. The van der Waals surface area contributed by atoms with Crippen molar-refractivity contribution in [1.29, 1.82) is 0 Å². The maximum absolute atomic E-state index is 13.3. The van der Waals surface area contributed by atoms with Crippen LogP contribution < -0.4 is 5.73 Å². The Morgan fingerprint density at radius 2 is 2.27 bits per heavy atom. The molecule has 2 aromatic heterocycles. The zero-order chi connectivity index (χ0) is 15.9. The average molecular weight is 315 g/mol. The first-order valence-corrected chi connectivity index (χ1v) is 6.69. The normalized spacial score (nSPS) is 28.5. The van der Waals surface area contributed by atoms with Gasteiger partial charge in [-0.05, 0) is 0 Å². The molecule has 8 nitrogen and oxygen atoms in total. The van der Waals surface area contributed by atoms with E-state index in [0.29, 0.717) is 0 Å². The van der Waals surface area contributed by atoms with Crippen molar-refractivity contribution >= 4 is 17.0 Å². The second kappa shape index (κ2) is 5.38. The van der Waals surface area contributed by atoms with Crippen molar-refractivity contribution in [1.82, 2.24) is 19.5 Å².